The predicted octanol–water partition coefficient (Wildman–Crippen LogP) is 15.8. The van der Waals surface area contributed by atoms with E-state index in [2.05, 4.69) is 222 Å². The van der Waals surface area contributed by atoms with Crippen molar-refractivity contribution >= 4 is 82.4 Å². The fourth-order valence-corrected chi connectivity index (χ4v) is 9.32. The number of hydrogen-bond donors (Lipinski definition) is 0. The molecular weight excluding hydrogens is 717 g/mol. The molecule has 0 saturated heterocycles. The van der Waals surface area contributed by atoms with Crippen LogP contribution in [-0.2, 0) is 0 Å². The van der Waals surface area contributed by atoms with Crippen LogP contribution in [0, 0.1) is 0 Å². The molecule has 0 fully saturated rings. The molecule has 2 heterocycles. The highest BCUT2D eigenvalue weighted by atomic mass is 16.3. The van der Waals surface area contributed by atoms with Crippen molar-refractivity contribution in [3.05, 3.63) is 218 Å². The summed E-state index contributed by atoms with van der Waals surface area (Å²) in [6.07, 6.45) is 0. The third kappa shape index (κ3) is 5.29. The number of rotatable bonds is 6. The first-order valence-electron chi connectivity index (χ1n) is 20.2. The number of aromatic nitrogens is 1. The molecule has 0 saturated carbocycles. The van der Waals surface area contributed by atoms with Gasteiger partial charge in [0.25, 0.3) is 0 Å². The van der Waals surface area contributed by atoms with Gasteiger partial charge in [-0.3, -0.25) is 0 Å². The first-order chi connectivity index (χ1) is 29.3. The molecule has 0 atom stereocenters. The molecule has 0 aliphatic rings. The van der Waals surface area contributed by atoms with Crippen molar-refractivity contribution in [3.8, 4) is 27.9 Å². The van der Waals surface area contributed by atoms with Crippen LogP contribution in [0.25, 0.3) is 93.2 Å². The van der Waals surface area contributed by atoms with Gasteiger partial charge in [0.2, 0.25) is 0 Å². The van der Waals surface area contributed by atoms with Crippen molar-refractivity contribution in [2.75, 3.05) is 4.90 Å². The molecule has 0 spiro atoms. The van der Waals surface area contributed by atoms with Crippen molar-refractivity contribution in [1.29, 1.82) is 0 Å². The minimum Gasteiger partial charge on any atom is -0.455 e. The van der Waals surface area contributed by atoms with Crippen LogP contribution < -0.4 is 4.90 Å². The molecule has 2 aromatic heterocycles. The van der Waals surface area contributed by atoms with Crippen LogP contribution in [0.3, 0.4) is 0 Å². The molecule has 0 amide bonds. The standard InChI is InChI=1S/C56H36N2O/c1-2-16-43-37(13-1)14-11-21-44(43)38-27-30-40(31-28-38)57(41-32-34-42(35-33-41)58-52-24-8-3-17-45(52)46-18-4-9-25-53(46)58)51-23-7-5-19-47(51)49-22-12-15-39-29-36-50-48-20-6-10-26-54(48)59-56(50)55(39)49/h1-36H. The number of para-hydroxylation sites is 4. The third-order valence-electron chi connectivity index (χ3n) is 12.0. The van der Waals surface area contributed by atoms with E-state index in [9.17, 15) is 0 Å². The van der Waals surface area contributed by atoms with Gasteiger partial charge < -0.3 is 13.9 Å². The summed E-state index contributed by atoms with van der Waals surface area (Å²) >= 11 is 0. The van der Waals surface area contributed by atoms with Crippen LogP contribution in [0.2, 0.25) is 0 Å². The second-order valence-corrected chi connectivity index (χ2v) is 15.3. The normalized spacial score (nSPS) is 11.7. The smallest absolute Gasteiger partial charge is 0.143 e. The fraction of sp³-hybridized carbons (Fsp3) is 0. The van der Waals surface area contributed by atoms with E-state index in [1.165, 1.54) is 43.7 Å². The second-order valence-electron chi connectivity index (χ2n) is 15.3. The molecule has 276 valence electrons. The summed E-state index contributed by atoms with van der Waals surface area (Å²) in [5.41, 5.74) is 13.2. The van der Waals surface area contributed by atoms with Gasteiger partial charge in [0.05, 0.1) is 16.7 Å². The van der Waals surface area contributed by atoms with Crippen molar-refractivity contribution in [2.45, 2.75) is 0 Å². The Hall–Kier alpha value is -7.88. The molecule has 0 N–H and O–H groups in total. The SMILES string of the molecule is c1ccc(N(c2ccc(-c3cccc4ccccc34)cc2)c2ccc(-n3c4ccccc4c4ccccc43)cc2)c(-c2cccc3ccc4c5ccccc5oc4c23)c1. The van der Waals surface area contributed by atoms with E-state index >= 15 is 0 Å². The molecule has 59 heavy (non-hydrogen) atoms. The average molecular weight is 753 g/mol. The molecule has 0 bridgehead atoms. The van der Waals surface area contributed by atoms with Crippen LogP contribution in [0.1, 0.15) is 0 Å². The summed E-state index contributed by atoms with van der Waals surface area (Å²) < 4.78 is 9.05. The number of benzene rings is 10. The predicted molar refractivity (Wildman–Crippen MR) is 249 cm³/mol. The largest absolute Gasteiger partial charge is 0.455 e. The van der Waals surface area contributed by atoms with Gasteiger partial charge in [0.15, 0.2) is 0 Å². The summed E-state index contributed by atoms with van der Waals surface area (Å²) in [5, 5.41) is 9.50. The van der Waals surface area contributed by atoms with E-state index < -0.39 is 0 Å². The number of anilines is 3. The number of nitrogens with zero attached hydrogens (tertiary/aromatic N) is 2. The van der Waals surface area contributed by atoms with Gasteiger partial charge in [-0.05, 0) is 99.6 Å². The van der Waals surface area contributed by atoms with Crippen LogP contribution in [0.4, 0.5) is 17.1 Å². The number of furan rings is 1. The number of hydrogen-bond acceptors (Lipinski definition) is 2. The molecule has 3 heteroatoms. The maximum absolute atomic E-state index is 6.68. The zero-order valence-electron chi connectivity index (χ0n) is 32.1. The van der Waals surface area contributed by atoms with Crippen molar-refractivity contribution in [2.24, 2.45) is 0 Å². The van der Waals surface area contributed by atoms with Crippen molar-refractivity contribution in [1.82, 2.24) is 4.57 Å². The molecule has 10 aromatic carbocycles. The lowest BCUT2D eigenvalue weighted by Gasteiger charge is -2.28. The van der Waals surface area contributed by atoms with Gasteiger partial charge in [-0.15, -0.1) is 0 Å². The minimum absolute atomic E-state index is 0.898. The Labute approximate surface area is 341 Å². The lowest BCUT2D eigenvalue weighted by atomic mass is 9.94. The zero-order valence-corrected chi connectivity index (χ0v) is 32.1. The Bertz CT molecular complexity index is 3500. The van der Waals surface area contributed by atoms with E-state index in [0.717, 1.165) is 66.6 Å². The monoisotopic (exact) mass is 752 g/mol. The molecule has 0 aliphatic heterocycles. The van der Waals surface area contributed by atoms with E-state index in [-0.39, 0.29) is 0 Å². The zero-order chi connectivity index (χ0) is 38.9. The summed E-state index contributed by atoms with van der Waals surface area (Å²) in [7, 11) is 0. The summed E-state index contributed by atoms with van der Waals surface area (Å²) in [6, 6.07) is 78.7. The third-order valence-corrected chi connectivity index (χ3v) is 12.0. The highest BCUT2D eigenvalue weighted by Crippen LogP contribution is 2.46. The molecule has 12 aromatic rings. The summed E-state index contributed by atoms with van der Waals surface area (Å²) in [6.45, 7) is 0. The van der Waals surface area contributed by atoms with E-state index in [4.69, 9.17) is 4.42 Å². The topological polar surface area (TPSA) is 21.3 Å². The Kier molecular flexibility index (Phi) is 7.54. The lowest BCUT2D eigenvalue weighted by molar-refractivity contribution is 0.673. The van der Waals surface area contributed by atoms with Crippen molar-refractivity contribution < 1.29 is 4.42 Å². The van der Waals surface area contributed by atoms with Gasteiger partial charge in [-0.25, -0.2) is 0 Å². The van der Waals surface area contributed by atoms with Gasteiger partial charge in [-0.1, -0.05) is 152 Å². The summed E-state index contributed by atoms with van der Waals surface area (Å²) in [4.78, 5) is 2.40. The maximum atomic E-state index is 6.68. The average Bonchev–Trinajstić information content (AvgIpc) is 3.86. The maximum Gasteiger partial charge on any atom is 0.143 e. The molecule has 0 radical (unpaired) electrons. The van der Waals surface area contributed by atoms with E-state index in [1.54, 1.807) is 0 Å². The Morgan fingerprint density at radius 2 is 0.915 bits per heavy atom. The lowest BCUT2D eigenvalue weighted by Crippen LogP contribution is -2.11. The van der Waals surface area contributed by atoms with E-state index in [0.29, 0.717) is 0 Å². The van der Waals surface area contributed by atoms with E-state index in [1.807, 2.05) is 6.07 Å². The Morgan fingerprint density at radius 3 is 1.68 bits per heavy atom. The Morgan fingerprint density at radius 1 is 0.356 bits per heavy atom. The van der Waals surface area contributed by atoms with Crippen LogP contribution in [0.5, 0.6) is 0 Å². The highest BCUT2D eigenvalue weighted by molar-refractivity contribution is 6.19. The number of fused-ring (bicyclic) bond motifs is 9. The van der Waals surface area contributed by atoms with Crippen LogP contribution >= 0.6 is 0 Å². The molecular formula is C56H36N2O. The van der Waals surface area contributed by atoms with Gasteiger partial charge in [0.1, 0.15) is 11.2 Å². The second kappa shape index (κ2) is 13.4. The van der Waals surface area contributed by atoms with Crippen molar-refractivity contribution in [3.63, 3.8) is 0 Å². The molecule has 0 aliphatic carbocycles. The Balaban J connectivity index is 1.06. The van der Waals surface area contributed by atoms with Crippen LogP contribution in [0.15, 0.2) is 223 Å². The quantitative estimate of drug-likeness (QED) is 0.169. The van der Waals surface area contributed by atoms with Gasteiger partial charge >= 0.3 is 0 Å². The first-order valence-corrected chi connectivity index (χ1v) is 20.2. The van der Waals surface area contributed by atoms with Crippen LogP contribution in [-0.4, -0.2) is 4.57 Å². The molecule has 12 rings (SSSR count). The first kappa shape index (κ1) is 33.3. The fourth-order valence-electron chi connectivity index (χ4n) is 9.32. The minimum atomic E-state index is 0.898. The molecule has 0 unspecified atom stereocenters. The van der Waals surface area contributed by atoms with Gasteiger partial charge in [0, 0.05) is 49.6 Å². The summed E-state index contributed by atoms with van der Waals surface area (Å²) in [5.74, 6) is 0. The molecule has 3 nitrogen and oxygen atoms in total. The highest BCUT2D eigenvalue weighted by Gasteiger charge is 2.21. The van der Waals surface area contributed by atoms with Gasteiger partial charge in [-0.2, -0.15) is 0 Å².